The second-order valence-electron chi connectivity index (χ2n) is 5.75. The van der Waals surface area contributed by atoms with E-state index in [2.05, 4.69) is 15.3 Å². The zero-order valence-corrected chi connectivity index (χ0v) is 12.2. The molecule has 4 rings (SSSR count). The highest BCUT2D eigenvalue weighted by Gasteiger charge is 2.36. The molecule has 1 saturated heterocycles. The molecule has 10 heteroatoms. The first-order chi connectivity index (χ1) is 11.1. The maximum atomic E-state index is 12.5. The highest BCUT2D eigenvalue weighted by Crippen LogP contribution is 2.31. The Morgan fingerprint density at radius 2 is 2.26 bits per heavy atom. The monoisotopic (exact) mass is 323 g/mol. The van der Waals surface area contributed by atoms with Gasteiger partial charge < -0.3 is 25.4 Å². The SMILES string of the molecule is O=c1c2ncn([C@H]3C[C@H](O)[C@@H](CO)O3)c2nc2n1[C@H](O)CCN2. The third kappa shape index (κ3) is 2.14. The van der Waals surface area contributed by atoms with E-state index in [1.54, 1.807) is 4.57 Å². The van der Waals surface area contributed by atoms with Gasteiger partial charge in [0.15, 0.2) is 11.2 Å². The van der Waals surface area contributed by atoms with Crippen LogP contribution >= 0.6 is 0 Å². The van der Waals surface area contributed by atoms with Gasteiger partial charge in [-0.05, 0) is 0 Å². The van der Waals surface area contributed by atoms with Crippen molar-refractivity contribution in [2.24, 2.45) is 0 Å². The molecular weight excluding hydrogens is 306 g/mol. The van der Waals surface area contributed by atoms with Gasteiger partial charge in [0.25, 0.3) is 5.56 Å². The minimum absolute atomic E-state index is 0.127. The molecule has 1 fully saturated rings. The number of hydrogen-bond acceptors (Lipinski definition) is 8. The van der Waals surface area contributed by atoms with E-state index in [9.17, 15) is 20.1 Å². The van der Waals surface area contributed by atoms with Crippen molar-refractivity contribution in [1.82, 2.24) is 19.1 Å². The average Bonchev–Trinajstić information content (AvgIpc) is 3.10. The summed E-state index contributed by atoms with van der Waals surface area (Å²) < 4.78 is 8.34. The number of ether oxygens (including phenoxy) is 1. The first-order valence-corrected chi connectivity index (χ1v) is 7.45. The van der Waals surface area contributed by atoms with Crippen LogP contribution in [-0.2, 0) is 4.74 Å². The van der Waals surface area contributed by atoms with Gasteiger partial charge in [-0.25, -0.2) is 9.55 Å². The average molecular weight is 323 g/mol. The minimum Gasteiger partial charge on any atom is -0.394 e. The van der Waals surface area contributed by atoms with Gasteiger partial charge in [0.2, 0.25) is 5.95 Å². The lowest BCUT2D eigenvalue weighted by molar-refractivity contribution is -0.0432. The van der Waals surface area contributed by atoms with Crippen molar-refractivity contribution in [2.45, 2.75) is 37.5 Å². The molecule has 2 aromatic rings. The number of nitrogens with zero attached hydrogens (tertiary/aromatic N) is 4. The molecule has 124 valence electrons. The predicted octanol–water partition coefficient (Wildman–Crippen LogP) is -1.46. The zero-order chi connectivity index (χ0) is 16.1. The van der Waals surface area contributed by atoms with Crippen molar-refractivity contribution in [2.75, 3.05) is 18.5 Å². The summed E-state index contributed by atoms with van der Waals surface area (Å²) in [5, 5.41) is 32.0. The van der Waals surface area contributed by atoms with Gasteiger partial charge in [-0.2, -0.15) is 4.98 Å². The van der Waals surface area contributed by atoms with Crippen molar-refractivity contribution in [3.63, 3.8) is 0 Å². The summed E-state index contributed by atoms with van der Waals surface area (Å²) in [6.07, 6.45) is -0.838. The summed E-state index contributed by atoms with van der Waals surface area (Å²) in [7, 11) is 0. The van der Waals surface area contributed by atoms with Crippen LogP contribution in [0.15, 0.2) is 11.1 Å². The fraction of sp³-hybridized carbons (Fsp3) is 0.615. The molecule has 0 aliphatic carbocycles. The Bertz CT molecular complexity index is 802. The van der Waals surface area contributed by atoms with Crippen LogP contribution in [0.4, 0.5) is 5.95 Å². The number of aliphatic hydroxyl groups excluding tert-OH is 3. The molecule has 0 spiro atoms. The molecule has 4 heterocycles. The molecule has 0 saturated carbocycles. The van der Waals surface area contributed by atoms with Crippen LogP contribution < -0.4 is 10.9 Å². The smallest absolute Gasteiger partial charge is 0.285 e. The molecule has 0 radical (unpaired) electrons. The van der Waals surface area contributed by atoms with Crippen LogP contribution in [0.1, 0.15) is 25.3 Å². The van der Waals surface area contributed by atoms with E-state index in [4.69, 9.17) is 4.74 Å². The molecular formula is C13H17N5O5. The van der Waals surface area contributed by atoms with Crippen LogP contribution in [-0.4, -0.2) is 59.8 Å². The number of imidazole rings is 1. The number of nitrogens with one attached hydrogen (secondary N) is 1. The Kier molecular flexibility index (Phi) is 3.34. The number of rotatable bonds is 2. The maximum Gasteiger partial charge on any atom is 0.285 e. The fourth-order valence-electron chi connectivity index (χ4n) is 3.08. The molecule has 23 heavy (non-hydrogen) atoms. The highest BCUT2D eigenvalue weighted by molar-refractivity contribution is 5.71. The fourth-order valence-corrected chi connectivity index (χ4v) is 3.08. The number of fused-ring (bicyclic) bond motifs is 2. The Labute approximate surface area is 130 Å². The van der Waals surface area contributed by atoms with E-state index in [1.165, 1.54) is 10.9 Å². The summed E-state index contributed by atoms with van der Waals surface area (Å²) in [6.45, 7) is 0.224. The van der Waals surface area contributed by atoms with Crippen LogP contribution in [0.3, 0.4) is 0 Å². The molecule has 4 atom stereocenters. The Morgan fingerprint density at radius 3 is 3.00 bits per heavy atom. The Balaban J connectivity index is 1.82. The van der Waals surface area contributed by atoms with E-state index in [0.717, 1.165) is 0 Å². The first-order valence-electron chi connectivity index (χ1n) is 7.45. The summed E-state index contributed by atoms with van der Waals surface area (Å²) in [5.74, 6) is 0.278. The van der Waals surface area contributed by atoms with E-state index in [-0.39, 0.29) is 24.5 Å². The van der Waals surface area contributed by atoms with Crippen LogP contribution in [0.5, 0.6) is 0 Å². The molecule has 0 unspecified atom stereocenters. The largest absolute Gasteiger partial charge is 0.394 e. The van der Waals surface area contributed by atoms with Gasteiger partial charge in [0.05, 0.1) is 19.0 Å². The van der Waals surface area contributed by atoms with Gasteiger partial charge in [0, 0.05) is 19.4 Å². The highest BCUT2D eigenvalue weighted by atomic mass is 16.5. The van der Waals surface area contributed by atoms with Crippen molar-refractivity contribution in [1.29, 1.82) is 0 Å². The van der Waals surface area contributed by atoms with Crippen molar-refractivity contribution in [3.05, 3.63) is 16.7 Å². The molecule has 4 N–H and O–H groups in total. The normalized spacial score (nSPS) is 30.4. The van der Waals surface area contributed by atoms with E-state index in [0.29, 0.717) is 18.6 Å². The second-order valence-corrected chi connectivity index (χ2v) is 5.75. The number of aromatic nitrogens is 4. The quantitative estimate of drug-likeness (QED) is 0.527. The molecule has 0 amide bonds. The molecule has 2 aliphatic heterocycles. The van der Waals surface area contributed by atoms with Gasteiger partial charge in [-0.1, -0.05) is 0 Å². The van der Waals surface area contributed by atoms with E-state index >= 15 is 0 Å². The van der Waals surface area contributed by atoms with Crippen LogP contribution in [0, 0.1) is 0 Å². The van der Waals surface area contributed by atoms with Crippen molar-refractivity contribution in [3.8, 4) is 0 Å². The minimum atomic E-state index is -0.927. The molecule has 2 aliphatic rings. The summed E-state index contributed by atoms with van der Waals surface area (Å²) in [4.78, 5) is 21.0. The van der Waals surface area contributed by atoms with Crippen LogP contribution in [0.2, 0.25) is 0 Å². The van der Waals surface area contributed by atoms with E-state index < -0.39 is 30.2 Å². The topological polar surface area (TPSA) is 135 Å². The van der Waals surface area contributed by atoms with Gasteiger partial charge in [0.1, 0.15) is 18.6 Å². The summed E-state index contributed by atoms with van der Waals surface area (Å²) in [5.41, 5.74) is 0.0152. The lowest BCUT2D eigenvalue weighted by atomic mass is 10.2. The van der Waals surface area contributed by atoms with Crippen LogP contribution in [0.25, 0.3) is 11.2 Å². The predicted molar refractivity (Wildman–Crippen MR) is 77.8 cm³/mol. The van der Waals surface area contributed by atoms with Gasteiger partial charge in [-0.15, -0.1) is 0 Å². The zero-order valence-electron chi connectivity index (χ0n) is 12.2. The summed E-state index contributed by atoms with van der Waals surface area (Å²) >= 11 is 0. The van der Waals surface area contributed by atoms with E-state index in [1.807, 2.05) is 0 Å². The molecule has 2 aromatic heterocycles. The van der Waals surface area contributed by atoms with Crippen molar-refractivity contribution < 1.29 is 20.1 Å². The Morgan fingerprint density at radius 1 is 1.43 bits per heavy atom. The summed E-state index contributed by atoms with van der Waals surface area (Å²) in [6, 6.07) is 0. The number of hydrogen-bond donors (Lipinski definition) is 4. The first kappa shape index (κ1) is 14.6. The standard InChI is InChI=1S/C13H17N5O5/c19-4-7-6(20)3-9(23-7)17-5-15-10-11(17)16-13-14-2-1-8(21)18(13)12(10)22/h5-9,19-21H,1-4H2,(H,14,16)/t6-,7+,8+,9+/m0/s1. The number of aliphatic hydroxyl groups is 3. The second kappa shape index (κ2) is 5.27. The third-order valence-corrected chi connectivity index (χ3v) is 4.31. The number of anilines is 1. The Hall–Kier alpha value is -2.01. The molecule has 0 aromatic carbocycles. The lowest BCUT2D eigenvalue weighted by Crippen LogP contribution is -2.34. The van der Waals surface area contributed by atoms with Gasteiger partial charge >= 0.3 is 0 Å². The lowest BCUT2D eigenvalue weighted by Gasteiger charge is -2.24. The molecule has 10 nitrogen and oxygen atoms in total. The van der Waals surface area contributed by atoms with Crippen molar-refractivity contribution >= 4 is 17.1 Å². The van der Waals surface area contributed by atoms with Gasteiger partial charge in [-0.3, -0.25) is 9.36 Å². The maximum absolute atomic E-state index is 12.5. The third-order valence-electron chi connectivity index (χ3n) is 4.31. The molecule has 0 bridgehead atoms.